The molecule has 0 saturated heterocycles. The van der Waals surface area contributed by atoms with Gasteiger partial charge in [-0.25, -0.2) is 0 Å². The summed E-state index contributed by atoms with van der Waals surface area (Å²) in [5, 5.41) is 22.3. The van der Waals surface area contributed by atoms with Gasteiger partial charge in [0.25, 0.3) is 5.69 Å². The lowest BCUT2D eigenvalue weighted by atomic mass is 10.2. The van der Waals surface area contributed by atoms with Gasteiger partial charge in [-0.3, -0.25) is 19.5 Å². The van der Waals surface area contributed by atoms with E-state index < -0.39 is 10.8 Å². The molecule has 3 rings (SSSR count). The number of nitrogens with one attached hydrogen (secondary N) is 1. The highest BCUT2D eigenvalue weighted by atomic mass is 79.9. The number of aromatic nitrogens is 3. The molecule has 0 spiro atoms. The van der Waals surface area contributed by atoms with Gasteiger partial charge in [0.1, 0.15) is 5.69 Å². The van der Waals surface area contributed by atoms with Gasteiger partial charge in [0.05, 0.1) is 10.7 Å². The number of hydrogen-bond acceptors (Lipinski definition) is 7. The molecular weight excluding hydrogens is 450 g/mol. The van der Waals surface area contributed by atoms with E-state index in [1.54, 1.807) is 28.8 Å². The Morgan fingerprint density at radius 1 is 1.36 bits per heavy atom. The van der Waals surface area contributed by atoms with Crippen molar-refractivity contribution in [2.75, 3.05) is 11.1 Å². The summed E-state index contributed by atoms with van der Waals surface area (Å²) in [4.78, 5) is 22.8. The van der Waals surface area contributed by atoms with Crippen molar-refractivity contribution in [1.29, 1.82) is 0 Å². The first-order valence-corrected chi connectivity index (χ1v) is 9.73. The summed E-state index contributed by atoms with van der Waals surface area (Å²) in [6.45, 7) is 4.15. The van der Waals surface area contributed by atoms with Crippen molar-refractivity contribution in [3.8, 4) is 11.6 Å². The number of furan rings is 1. The molecule has 0 radical (unpaired) electrons. The number of carbonyl (C=O) groups excluding carboxylic acids is 1. The van der Waals surface area contributed by atoms with Gasteiger partial charge in [-0.1, -0.05) is 30.0 Å². The van der Waals surface area contributed by atoms with Gasteiger partial charge < -0.3 is 9.73 Å². The molecule has 0 aliphatic carbocycles. The second kappa shape index (κ2) is 8.85. The first-order chi connectivity index (χ1) is 13.5. The smallest absolute Gasteiger partial charge is 0.292 e. The van der Waals surface area contributed by atoms with Gasteiger partial charge in [-0.05, 0) is 34.1 Å². The number of allylic oxidation sites excluding steroid dienone is 1. The average molecular weight is 464 g/mol. The zero-order valence-corrected chi connectivity index (χ0v) is 16.8. The van der Waals surface area contributed by atoms with Crippen LogP contribution in [0.5, 0.6) is 0 Å². The van der Waals surface area contributed by atoms with Gasteiger partial charge in [-0.2, -0.15) is 0 Å². The maximum absolute atomic E-state index is 12.3. The molecule has 2 aromatic heterocycles. The number of nitrogens with zero attached hydrogens (tertiary/aromatic N) is 4. The molecule has 9 nitrogen and oxygen atoms in total. The number of amides is 1. The quantitative estimate of drug-likeness (QED) is 0.231. The molecule has 1 N–H and O–H groups in total. The second-order valence-electron chi connectivity index (χ2n) is 5.42. The van der Waals surface area contributed by atoms with Gasteiger partial charge in [-0.15, -0.1) is 16.8 Å². The van der Waals surface area contributed by atoms with Crippen LogP contribution in [0.25, 0.3) is 11.6 Å². The SMILES string of the molecule is C=CCn1c(SCC(=O)Nc2ccccc2[N+](=O)[O-])nnc1-c1ccc(Br)o1. The highest BCUT2D eigenvalue weighted by Gasteiger charge is 2.19. The summed E-state index contributed by atoms with van der Waals surface area (Å²) in [5.41, 5.74) is -0.0202. The Morgan fingerprint density at radius 3 is 2.82 bits per heavy atom. The topological polar surface area (TPSA) is 116 Å². The second-order valence-corrected chi connectivity index (χ2v) is 7.14. The lowest BCUT2D eigenvalue weighted by Gasteiger charge is -2.07. The third kappa shape index (κ3) is 4.49. The highest BCUT2D eigenvalue weighted by Crippen LogP contribution is 2.28. The lowest BCUT2D eigenvalue weighted by molar-refractivity contribution is -0.383. The molecule has 1 amide bonds. The Bertz CT molecular complexity index is 1030. The third-order valence-electron chi connectivity index (χ3n) is 3.53. The molecule has 3 aromatic rings. The van der Waals surface area contributed by atoms with E-state index in [1.165, 1.54) is 18.2 Å². The largest absolute Gasteiger partial charge is 0.446 e. The molecular formula is C17H14BrN5O4S. The number of carbonyl (C=O) groups is 1. The van der Waals surface area contributed by atoms with Crippen LogP contribution in [0.3, 0.4) is 0 Å². The van der Waals surface area contributed by atoms with Gasteiger partial charge in [0.15, 0.2) is 15.6 Å². The maximum Gasteiger partial charge on any atom is 0.292 e. The molecule has 0 fully saturated rings. The summed E-state index contributed by atoms with van der Waals surface area (Å²) in [6.07, 6.45) is 1.68. The lowest BCUT2D eigenvalue weighted by Crippen LogP contribution is -2.15. The summed E-state index contributed by atoms with van der Waals surface area (Å²) >= 11 is 4.40. The Kier molecular flexibility index (Phi) is 6.26. The number of halogens is 1. The van der Waals surface area contributed by atoms with Crippen LogP contribution < -0.4 is 5.32 Å². The fourth-order valence-corrected chi connectivity index (χ4v) is 3.42. The van der Waals surface area contributed by atoms with E-state index in [1.807, 2.05) is 0 Å². The van der Waals surface area contributed by atoms with E-state index in [-0.39, 0.29) is 17.1 Å². The number of nitro benzene ring substituents is 1. The molecule has 0 atom stereocenters. The monoisotopic (exact) mass is 463 g/mol. The van der Waals surface area contributed by atoms with E-state index >= 15 is 0 Å². The highest BCUT2D eigenvalue weighted by molar-refractivity contribution is 9.10. The molecule has 28 heavy (non-hydrogen) atoms. The van der Waals surface area contributed by atoms with Crippen LogP contribution in [-0.2, 0) is 11.3 Å². The Labute approximate surface area is 172 Å². The third-order valence-corrected chi connectivity index (χ3v) is 4.92. The van der Waals surface area contributed by atoms with Gasteiger partial charge in [0.2, 0.25) is 11.7 Å². The van der Waals surface area contributed by atoms with E-state index in [0.717, 1.165) is 11.8 Å². The van der Waals surface area contributed by atoms with Gasteiger partial charge in [0, 0.05) is 12.6 Å². The average Bonchev–Trinajstić information content (AvgIpc) is 3.26. The zero-order chi connectivity index (χ0) is 20.1. The van der Waals surface area contributed by atoms with Crippen LogP contribution in [0.1, 0.15) is 0 Å². The predicted molar refractivity (Wildman–Crippen MR) is 108 cm³/mol. The van der Waals surface area contributed by atoms with Crippen LogP contribution in [0.4, 0.5) is 11.4 Å². The van der Waals surface area contributed by atoms with E-state index in [0.29, 0.717) is 28.0 Å². The van der Waals surface area contributed by atoms with E-state index in [4.69, 9.17) is 4.42 Å². The summed E-state index contributed by atoms with van der Waals surface area (Å²) < 4.78 is 7.85. The van der Waals surface area contributed by atoms with Crippen molar-refractivity contribution in [3.63, 3.8) is 0 Å². The predicted octanol–water partition coefficient (Wildman–Crippen LogP) is 4.13. The summed E-state index contributed by atoms with van der Waals surface area (Å²) in [5.74, 6) is 0.641. The minimum absolute atomic E-state index is 0.00315. The number of rotatable bonds is 8. The minimum Gasteiger partial charge on any atom is -0.446 e. The molecule has 144 valence electrons. The van der Waals surface area contributed by atoms with Crippen molar-refractivity contribution in [3.05, 3.63) is 63.8 Å². The number of hydrogen-bond donors (Lipinski definition) is 1. The van der Waals surface area contributed by atoms with Gasteiger partial charge >= 0.3 is 0 Å². The van der Waals surface area contributed by atoms with Crippen molar-refractivity contribution < 1.29 is 14.1 Å². The fourth-order valence-electron chi connectivity index (χ4n) is 2.36. The molecule has 0 unspecified atom stereocenters. The maximum atomic E-state index is 12.3. The molecule has 11 heteroatoms. The Morgan fingerprint density at radius 2 is 2.14 bits per heavy atom. The fraction of sp³-hybridized carbons (Fsp3) is 0.118. The molecule has 0 saturated carbocycles. The standard InChI is InChI=1S/C17H14BrN5O4S/c1-2-9-22-16(13-7-8-14(18)27-13)20-21-17(22)28-10-15(24)19-11-5-3-4-6-12(11)23(25)26/h2-8H,1,9-10H2,(H,19,24). The van der Waals surface area contributed by atoms with Crippen LogP contribution in [0.15, 0.2) is 63.3 Å². The summed E-state index contributed by atoms with van der Waals surface area (Å²) in [7, 11) is 0. The van der Waals surface area contributed by atoms with Crippen molar-refractivity contribution >= 4 is 45.0 Å². The molecule has 0 bridgehead atoms. The molecule has 1 aromatic carbocycles. The van der Waals surface area contributed by atoms with Crippen molar-refractivity contribution in [1.82, 2.24) is 14.8 Å². The Hall–Kier alpha value is -2.92. The molecule has 2 heterocycles. The van der Waals surface area contributed by atoms with Crippen LogP contribution in [0, 0.1) is 10.1 Å². The number of benzene rings is 1. The number of anilines is 1. The van der Waals surface area contributed by atoms with Crippen LogP contribution in [-0.4, -0.2) is 31.3 Å². The normalized spacial score (nSPS) is 10.6. The summed E-state index contributed by atoms with van der Waals surface area (Å²) in [6, 6.07) is 9.46. The van der Waals surface area contributed by atoms with Crippen LogP contribution >= 0.6 is 27.7 Å². The number of nitro groups is 1. The zero-order valence-electron chi connectivity index (χ0n) is 14.4. The van der Waals surface area contributed by atoms with Crippen molar-refractivity contribution in [2.24, 2.45) is 0 Å². The first-order valence-electron chi connectivity index (χ1n) is 7.95. The first kappa shape index (κ1) is 19.8. The molecule has 0 aliphatic rings. The van der Waals surface area contributed by atoms with Crippen molar-refractivity contribution in [2.45, 2.75) is 11.7 Å². The minimum atomic E-state index is -0.544. The van der Waals surface area contributed by atoms with Crippen LogP contribution in [0.2, 0.25) is 0 Å². The number of para-hydroxylation sites is 2. The number of thioether (sulfide) groups is 1. The van der Waals surface area contributed by atoms with E-state index in [9.17, 15) is 14.9 Å². The van der Waals surface area contributed by atoms with E-state index in [2.05, 4.69) is 38.0 Å². The Balaban J connectivity index is 1.72. The molecule has 0 aliphatic heterocycles.